The number of halogens is 2. The van der Waals surface area contributed by atoms with Gasteiger partial charge in [0.05, 0.1) is 5.52 Å². The van der Waals surface area contributed by atoms with Gasteiger partial charge in [-0.3, -0.25) is 0 Å². The molecule has 0 aliphatic heterocycles. The van der Waals surface area contributed by atoms with Crippen molar-refractivity contribution in [3.05, 3.63) is 29.6 Å². The molecular formula is C13H13ClFNO4S. The maximum Gasteiger partial charge on any atom is 0.417 e. The molecule has 0 unspecified atom stereocenters. The van der Waals surface area contributed by atoms with Crippen molar-refractivity contribution in [3.63, 3.8) is 0 Å². The van der Waals surface area contributed by atoms with E-state index in [9.17, 15) is 22.7 Å². The normalized spacial score (nSPS) is 12.8. The molecule has 1 N–H and O–H groups in total. The van der Waals surface area contributed by atoms with Gasteiger partial charge in [-0.25, -0.2) is 22.2 Å². The smallest absolute Gasteiger partial charge is 0.417 e. The average molecular weight is 334 g/mol. The van der Waals surface area contributed by atoms with Gasteiger partial charge in [-0.15, -0.1) is 0 Å². The molecule has 0 saturated heterocycles. The summed E-state index contributed by atoms with van der Waals surface area (Å²) in [7, 11) is 1.03. The summed E-state index contributed by atoms with van der Waals surface area (Å²) in [5.74, 6) is -0.827. The highest BCUT2D eigenvalue weighted by Crippen LogP contribution is 2.40. The summed E-state index contributed by atoms with van der Waals surface area (Å²) in [5, 5.41) is 8.91. The topological polar surface area (TPSA) is 76.4 Å². The van der Waals surface area contributed by atoms with Gasteiger partial charge in [0.25, 0.3) is 9.05 Å². The Labute approximate surface area is 125 Å². The van der Waals surface area contributed by atoms with E-state index >= 15 is 0 Å². The quantitative estimate of drug-likeness (QED) is 0.810. The summed E-state index contributed by atoms with van der Waals surface area (Å²) >= 11 is 0. The summed E-state index contributed by atoms with van der Waals surface area (Å²) in [5.41, 5.74) is -0.882. The van der Waals surface area contributed by atoms with Crippen molar-refractivity contribution in [1.82, 2.24) is 4.57 Å². The fourth-order valence-corrected chi connectivity index (χ4v) is 3.90. The Hall–Kier alpha value is -1.60. The number of carbonyl (C=O) groups is 1. The molecule has 0 aliphatic rings. The number of fused-ring (bicyclic) bond motifs is 1. The monoisotopic (exact) mass is 333 g/mol. The molecule has 114 valence electrons. The molecule has 2 rings (SSSR count). The number of hydrogen-bond donors (Lipinski definition) is 1. The Morgan fingerprint density at radius 2 is 1.90 bits per heavy atom. The maximum absolute atomic E-state index is 14.1. The largest absolute Gasteiger partial charge is 0.464 e. The van der Waals surface area contributed by atoms with Crippen LogP contribution in [0.15, 0.2) is 23.2 Å². The van der Waals surface area contributed by atoms with Gasteiger partial charge < -0.3 is 5.11 Å². The van der Waals surface area contributed by atoms with Crippen LogP contribution in [0.5, 0.6) is 0 Å². The van der Waals surface area contributed by atoms with E-state index in [0.717, 1.165) is 6.07 Å². The van der Waals surface area contributed by atoms with Crippen LogP contribution in [0.25, 0.3) is 10.9 Å². The third kappa shape index (κ3) is 2.51. The fraction of sp³-hybridized carbons (Fsp3) is 0.308. The summed E-state index contributed by atoms with van der Waals surface area (Å²) < 4.78 is 38.2. The summed E-state index contributed by atoms with van der Waals surface area (Å²) in [6.45, 7) is 5.10. The van der Waals surface area contributed by atoms with Gasteiger partial charge in [0.15, 0.2) is 5.03 Å². The van der Waals surface area contributed by atoms with Crippen molar-refractivity contribution in [2.75, 3.05) is 0 Å². The van der Waals surface area contributed by atoms with Gasteiger partial charge >= 0.3 is 6.09 Å². The van der Waals surface area contributed by atoms with Crippen LogP contribution in [0.4, 0.5) is 9.18 Å². The number of para-hydroxylation sites is 1. The number of benzene rings is 1. The lowest BCUT2D eigenvalue weighted by molar-refractivity contribution is 0.195. The molecular weight excluding hydrogens is 321 g/mol. The van der Waals surface area contributed by atoms with Crippen molar-refractivity contribution in [1.29, 1.82) is 0 Å². The van der Waals surface area contributed by atoms with Crippen molar-refractivity contribution in [2.24, 2.45) is 0 Å². The summed E-state index contributed by atoms with van der Waals surface area (Å²) in [6.07, 6.45) is -1.61. The Morgan fingerprint density at radius 3 is 2.33 bits per heavy atom. The zero-order valence-electron chi connectivity index (χ0n) is 11.5. The van der Waals surface area contributed by atoms with Gasteiger partial charge in [-0.2, -0.15) is 0 Å². The lowest BCUT2D eigenvalue weighted by Crippen LogP contribution is -2.19. The van der Waals surface area contributed by atoms with Crippen LogP contribution < -0.4 is 0 Å². The van der Waals surface area contributed by atoms with Gasteiger partial charge in [0.1, 0.15) is 5.82 Å². The number of hydrogen-bond acceptors (Lipinski definition) is 3. The van der Waals surface area contributed by atoms with Crippen molar-refractivity contribution >= 4 is 36.7 Å². The molecule has 1 aromatic heterocycles. The van der Waals surface area contributed by atoms with Crippen LogP contribution in [0.1, 0.15) is 26.3 Å². The molecule has 0 amide bonds. The van der Waals surface area contributed by atoms with Gasteiger partial charge in [-0.1, -0.05) is 32.9 Å². The van der Waals surface area contributed by atoms with Gasteiger partial charge in [0.2, 0.25) is 0 Å². The average Bonchev–Trinajstić information content (AvgIpc) is 2.64. The molecule has 0 bridgehead atoms. The predicted molar refractivity (Wildman–Crippen MR) is 77.1 cm³/mol. The molecule has 5 nitrogen and oxygen atoms in total. The Kier molecular flexibility index (Phi) is 3.54. The zero-order chi connectivity index (χ0) is 16.2. The standard InChI is InChI=1S/C13H13ClFNO4S/c1-13(2,3)9-7-5-4-6-8(15)10(7)16(12(17)18)11(9)21(14,19)20/h4-6H,1-3H3,(H,17,18). The van der Waals surface area contributed by atoms with Crippen LogP contribution in [-0.2, 0) is 14.5 Å². The molecule has 0 saturated carbocycles. The first-order valence-corrected chi connectivity index (χ1v) is 8.28. The second-order valence-corrected chi connectivity index (χ2v) is 8.10. The number of carboxylic acid groups (broad SMARTS) is 1. The van der Waals surface area contributed by atoms with Crippen molar-refractivity contribution in [2.45, 2.75) is 31.2 Å². The van der Waals surface area contributed by atoms with Gasteiger partial charge in [-0.05, 0) is 11.5 Å². The zero-order valence-corrected chi connectivity index (χ0v) is 13.1. The highest BCUT2D eigenvalue weighted by molar-refractivity contribution is 8.13. The highest BCUT2D eigenvalue weighted by atomic mass is 35.7. The van der Waals surface area contributed by atoms with E-state index in [1.807, 2.05) is 0 Å². The molecule has 2 aromatic rings. The van der Waals surface area contributed by atoms with E-state index in [1.54, 1.807) is 20.8 Å². The molecule has 0 spiro atoms. The third-order valence-corrected chi connectivity index (χ3v) is 4.36. The highest BCUT2D eigenvalue weighted by Gasteiger charge is 2.35. The predicted octanol–water partition coefficient (Wildman–Crippen LogP) is 3.53. The molecule has 1 heterocycles. The maximum atomic E-state index is 14.1. The lowest BCUT2D eigenvalue weighted by Gasteiger charge is -2.19. The van der Waals surface area contributed by atoms with Crippen LogP contribution in [0, 0.1) is 5.82 Å². The summed E-state index contributed by atoms with van der Waals surface area (Å²) in [4.78, 5) is 11.4. The van der Waals surface area contributed by atoms with Gasteiger partial charge in [0, 0.05) is 21.6 Å². The Bertz CT molecular complexity index is 849. The summed E-state index contributed by atoms with van der Waals surface area (Å²) in [6, 6.07) is 3.94. The first-order chi connectivity index (χ1) is 9.46. The Morgan fingerprint density at radius 1 is 1.33 bits per heavy atom. The molecule has 0 atom stereocenters. The minimum Gasteiger partial charge on any atom is -0.464 e. The van der Waals surface area contributed by atoms with Crippen LogP contribution >= 0.6 is 10.7 Å². The van der Waals surface area contributed by atoms with Crippen molar-refractivity contribution < 1.29 is 22.7 Å². The van der Waals surface area contributed by atoms with Crippen LogP contribution in [-0.4, -0.2) is 24.2 Å². The first-order valence-electron chi connectivity index (χ1n) is 5.97. The number of rotatable bonds is 1. The minimum atomic E-state index is -4.38. The third-order valence-electron chi connectivity index (χ3n) is 3.07. The van der Waals surface area contributed by atoms with E-state index < -0.39 is 31.4 Å². The van der Waals surface area contributed by atoms with E-state index in [2.05, 4.69) is 0 Å². The van der Waals surface area contributed by atoms with Crippen LogP contribution in [0.3, 0.4) is 0 Å². The molecule has 21 heavy (non-hydrogen) atoms. The number of aromatic nitrogens is 1. The van der Waals surface area contributed by atoms with E-state index in [0.29, 0.717) is 4.57 Å². The first kappa shape index (κ1) is 15.8. The van der Waals surface area contributed by atoms with E-state index in [1.165, 1.54) is 12.1 Å². The Balaban J connectivity index is 3.22. The van der Waals surface area contributed by atoms with E-state index in [4.69, 9.17) is 10.7 Å². The molecule has 0 radical (unpaired) electrons. The molecule has 0 fully saturated rings. The SMILES string of the molecule is CC(C)(C)c1c(S(=O)(=O)Cl)n(C(=O)O)c2c(F)cccc12. The van der Waals surface area contributed by atoms with Crippen molar-refractivity contribution in [3.8, 4) is 0 Å². The fourth-order valence-electron chi connectivity index (χ4n) is 2.41. The molecule has 8 heteroatoms. The molecule has 1 aromatic carbocycles. The second kappa shape index (κ2) is 4.71. The number of nitrogens with zero attached hydrogens (tertiary/aromatic N) is 1. The van der Waals surface area contributed by atoms with E-state index in [-0.39, 0.29) is 16.5 Å². The van der Waals surface area contributed by atoms with Crippen LogP contribution in [0.2, 0.25) is 0 Å². The lowest BCUT2D eigenvalue weighted by atomic mass is 9.87. The second-order valence-electron chi connectivity index (χ2n) is 5.62. The minimum absolute atomic E-state index is 0.175. The molecule has 0 aliphatic carbocycles.